The second kappa shape index (κ2) is 9.25. The Hall–Kier alpha value is -1.99. The summed E-state index contributed by atoms with van der Waals surface area (Å²) in [7, 11) is 1.94. The normalized spacial score (nSPS) is 27.0. The number of ether oxygens (including phenoxy) is 1. The molecule has 0 radical (unpaired) electrons. The van der Waals surface area contributed by atoms with Crippen LogP contribution in [0.1, 0.15) is 37.7 Å². The third-order valence-electron chi connectivity index (χ3n) is 7.67. The molecule has 168 valence electrons. The van der Waals surface area contributed by atoms with Gasteiger partial charge in [0.15, 0.2) is 0 Å². The second-order valence-corrected chi connectivity index (χ2v) is 9.95. The van der Waals surface area contributed by atoms with Gasteiger partial charge in [-0.2, -0.15) is 5.10 Å². The van der Waals surface area contributed by atoms with Crippen molar-refractivity contribution in [2.24, 2.45) is 30.7 Å². The molecular weight excluding hydrogens is 388 g/mol. The van der Waals surface area contributed by atoms with E-state index in [1.807, 2.05) is 30.1 Å². The standard InChI is InChI=1S/C24H36N6O/c1-17-13-26-29(2)24(17)22-3-4-23(28-27-22)25-8-5-19-11-20-15-30(16-21(20)12-19)14-18-6-9-31-10-7-18/h3-4,13,18-21H,5-12,14-16H2,1-2H3,(H,25,28)/t19?,20-,21+. The van der Waals surface area contributed by atoms with Gasteiger partial charge >= 0.3 is 0 Å². The zero-order valence-corrected chi connectivity index (χ0v) is 19.0. The third-order valence-corrected chi connectivity index (χ3v) is 7.67. The van der Waals surface area contributed by atoms with Crippen molar-refractivity contribution >= 4 is 5.82 Å². The maximum absolute atomic E-state index is 5.52. The van der Waals surface area contributed by atoms with Crippen molar-refractivity contribution in [2.75, 3.05) is 44.7 Å². The number of nitrogens with one attached hydrogen (secondary N) is 1. The minimum absolute atomic E-state index is 0.858. The zero-order valence-electron chi connectivity index (χ0n) is 19.0. The van der Waals surface area contributed by atoms with Crippen molar-refractivity contribution in [2.45, 2.75) is 39.0 Å². The molecule has 2 saturated heterocycles. The number of aromatic nitrogens is 4. The van der Waals surface area contributed by atoms with E-state index >= 15 is 0 Å². The quantitative estimate of drug-likeness (QED) is 0.735. The van der Waals surface area contributed by atoms with Crippen LogP contribution in [0.5, 0.6) is 0 Å². The molecule has 0 spiro atoms. The monoisotopic (exact) mass is 424 g/mol. The van der Waals surface area contributed by atoms with Crippen LogP contribution in [0.3, 0.4) is 0 Å². The lowest BCUT2D eigenvalue weighted by atomic mass is 9.99. The number of likely N-dealkylation sites (tertiary alicyclic amines) is 1. The fourth-order valence-corrected chi connectivity index (χ4v) is 6.07. The Labute approximate surface area is 185 Å². The van der Waals surface area contributed by atoms with Gasteiger partial charge in [0.05, 0.1) is 11.9 Å². The Morgan fingerprint density at radius 3 is 2.48 bits per heavy atom. The molecule has 1 unspecified atom stereocenters. The summed E-state index contributed by atoms with van der Waals surface area (Å²) in [5.74, 6) is 4.43. The van der Waals surface area contributed by atoms with Gasteiger partial charge in [0.25, 0.3) is 0 Å². The van der Waals surface area contributed by atoms with Crippen LogP contribution in [0.2, 0.25) is 0 Å². The van der Waals surface area contributed by atoms with E-state index < -0.39 is 0 Å². The number of fused-ring (bicyclic) bond motifs is 1. The van der Waals surface area contributed by atoms with Gasteiger partial charge in [-0.05, 0) is 80.4 Å². The highest BCUT2D eigenvalue weighted by Gasteiger charge is 2.40. The van der Waals surface area contributed by atoms with E-state index in [-0.39, 0.29) is 0 Å². The van der Waals surface area contributed by atoms with Crippen LogP contribution in [0.15, 0.2) is 18.3 Å². The summed E-state index contributed by atoms with van der Waals surface area (Å²) in [4.78, 5) is 2.75. The van der Waals surface area contributed by atoms with Crippen LogP contribution < -0.4 is 5.32 Å². The van der Waals surface area contributed by atoms with Gasteiger partial charge in [0, 0.05) is 46.4 Å². The molecule has 2 aromatic rings. The van der Waals surface area contributed by atoms with E-state index in [4.69, 9.17) is 4.74 Å². The third kappa shape index (κ3) is 4.77. The molecule has 2 aromatic heterocycles. The lowest BCUT2D eigenvalue weighted by molar-refractivity contribution is 0.0544. The molecule has 3 aliphatic rings. The van der Waals surface area contributed by atoms with Crippen LogP contribution in [0.4, 0.5) is 5.82 Å². The first-order chi connectivity index (χ1) is 15.2. The first-order valence-corrected chi connectivity index (χ1v) is 12.0. The molecule has 3 fully saturated rings. The van der Waals surface area contributed by atoms with Crippen molar-refractivity contribution in [1.29, 1.82) is 0 Å². The molecule has 5 rings (SSSR count). The molecule has 1 aliphatic carbocycles. The van der Waals surface area contributed by atoms with E-state index in [1.54, 1.807) is 0 Å². The summed E-state index contributed by atoms with van der Waals surface area (Å²) >= 11 is 0. The summed E-state index contributed by atoms with van der Waals surface area (Å²) in [6.45, 7) is 8.92. The highest BCUT2D eigenvalue weighted by atomic mass is 16.5. The Morgan fingerprint density at radius 2 is 1.84 bits per heavy atom. The first-order valence-electron chi connectivity index (χ1n) is 12.0. The van der Waals surface area contributed by atoms with Crippen LogP contribution in [0.25, 0.3) is 11.4 Å². The molecule has 4 heterocycles. The second-order valence-electron chi connectivity index (χ2n) is 9.95. The van der Waals surface area contributed by atoms with Gasteiger partial charge < -0.3 is 15.0 Å². The number of hydrogen-bond acceptors (Lipinski definition) is 6. The van der Waals surface area contributed by atoms with Gasteiger partial charge in [-0.1, -0.05) is 0 Å². The van der Waals surface area contributed by atoms with Crippen molar-refractivity contribution in [3.63, 3.8) is 0 Å². The highest BCUT2D eigenvalue weighted by Crippen LogP contribution is 2.43. The lowest BCUT2D eigenvalue weighted by Gasteiger charge is -2.27. The predicted molar refractivity (Wildman–Crippen MR) is 122 cm³/mol. The molecule has 0 amide bonds. The SMILES string of the molecule is Cc1cnn(C)c1-c1ccc(NCCC2C[C@@H]3CN(CC4CCOCC4)C[C@@H]3C2)nn1. The molecule has 0 bridgehead atoms. The summed E-state index contributed by atoms with van der Waals surface area (Å²) in [6.07, 6.45) is 8.42. The van der Waals surface area contributed by atoms with Crippen molar-refractivity contribution < 1.29 is 4.74 Å². The fourth-order valence-electron chi connectivity index (χ4n) is 6.07. The van der Waals surface area contributed by atoms with Crippen LogP contribution >= 0.6 is 0 Å². The Bertz CT molecular complexity index is 826. The summed E-state index contributed by atoms with van der Waals surface area (Å²) in [5.41, 5.74) is 3.02. The van der Waals surface area contributed by atoms with E-state index in [9.17, 15) is 0 Å². The van der Waals surface area contributed by atoms with Crippen LogP contribution in [0, 0.1) is 30.6 Å². The van der Waals surface area contributed by atoms with Gasteiger partial charge in [-0.3, -0.25) is 4.68 Å². The number of aryl methyl sites for hydroxylation is 2. The van der Waals surface area contributed by atoms with Crippen LogP contribution in [-0.2, 0) is 11.8 Å². The first kappa shape index (κ1) is 20.9. The molecule has 31 heavy (non-hydrogen) atoms. The fraction of sp³-hybridized carbons (Fsp3) is 0.708. The van der Waals surface area contributed by atoms with Gasteiger partial charge in [0.1, 0.15) is 11.5 Å². The molecule has 2 aliphatic heterocycles. The Balaban J connectivity index is 1.04. The number of rotatable bonds is 7. The Kier molecular flexibility index (Phi) is 6.23. The van der Waals surface area contributed by atoms with E-state index in [1.165, 1.54) is 51.7 Å². The summed E-state index contributed by atoms with van der Waals surface area (Å²) < 4.78 is 7.37. The topological polar surface area (TPSA) is 68.1 Å². The lowest BCUT2D eigenvalue weighted by Crippen LogP contribution is -2.31. The predicted octanol–water partition coefficient (Wildman–Crippen LogP) is 3.37. The molecular formula is C24H36N6O. The maximum Gasteiger partial charge on any atom is 0.148 e. The molecule has 7 nitrogen and oxygen atoms in total. The number of hydrogen-bond donors (Lipinski definition) is 1. The van der Waals surface area contributed by atoms with E-state index in [0.717, 1.165) is 66.2 Å². The molecule has 0 aromatic carbocycles. The van der Waals surface area contributed by atoms with E-state index in [0.29, 0.717) is 0 Å². The molecule has 1 saturated carbocycles. The summed E-state index contributed by atoms with van der Waals surface area (Å²) in [6, 6.07) is 4.07. The van der Waals surface area contributed by atoms with E-state index in [2.05, 4.69) is 32.4 Å². The smallest absolute Gasteiger partial charge is 0.148 e. The minimum atomic E-state index is 0.858. The summed E-state index contributed by atoms with van der Waals surface area (Å²) in [5, 5.41) is 16.6. The average molecular weight is 425 g/mol. The number of nitrogens with zero attached hydrogens (tertiary/aromatic N) is 5. The largest absolute Gasteiger partial charge is 0.381 e. The van der Waals surface area contributed by atoms with Gasteiger partial charge in [-0.15, -0.1) is 10.2 Å². The average Bonchev–Trinajstić information content (AvgIpc) is 3.42. The maximum atomic E-state index is 5.52. The Morgan fingerprint density at radius 1 is 1.06 bits per heavy atom. The zero-order chi connectivity index (χ0) is 21.2. The molecule has 7 heteroatoms. The number of anilines is 1. The van der Waals surface area contributed by atoms with Crippen molar-refractivity contribution in [3.05, 3.63) is 23.9 Å². The van der Waals surface area contributed by atoms with Gasteiger partial charge in [-0.25, -0.2) is 0 Å². The van der Waals surface area contributed by atoms with Crippen molar-refractivity contribution in [3.8, 4) is 11.4 Å². The molecule has 1 N–H and O–H groups in total. The van der Waals surface area contributed by atoms with Gasteiger partial charge in [0.2, 0.25) is 0 Å². The molecule has 3 atom stereocenters. The highest BCUT2D eigenvalue weighted by molar-refractivity contribution is 5.59. The van der Waals surface area contributed by atoms with Crippen LogP contribution in [-0.4, -0.2) is 64.3 Å². The van der Waals surface area contributed by atoms with Crippen molar-refractivity contribution in [1.82, 2.24) is 24.9 Å². The minimum Gasteiger partial charge on any atom is -0.381 e.